The van der Waals surface area contributed by atoms with Gasteiger partial charge in [-0.2, -0.15) is 0 Å². The summed E-state index contributed by atoms with van der Waals surface area (Å²) in [5.41, 5.74) is 9.18. The number of carbonyl (C=O) groups excluding carboxylic acids is 1. The van der Waals surface area contributed by atoms with Crippen LogP contribution in [0.25, 0.3) is 0 Å². The van der Waals surface area contributed by atoms with Gasteiger partial charge in [0.25, 0.3) is 5.91 Å². The minimum atomic E-state index is -0.617. The fraction of sp³-hybridized carbons (Fsp3) is 0.316. The molecule has 0 heterocycles. The van der Waals surface area contributed by atoms with Gasteiger partial charge >= 0.3 is 0 Å². The van der Waals surface area contributed by atoms with Crippen LogP contribution in [0.1, 0.15) is 37.8 Å². The summed E-state index contributed by atoms with van der Waals surface area (Å²) in [5.74, 6) is 0.855. The molecule has 130 valence electrons. The first-order valence-corrected chi connectivity index (χ1v) is 7.81. The minimum absolute atomic E-state index is 0. The van der Waals surface area contributed by atoms with Crippen LogP contribution in [0.4, 0.5) is 11.4 Å². The van der Waals surface area contributed by atoms with E-state index < -0.39 is 6.10 Å². The monoisotopic (exact) mass is 348 g/mol. The Morgan fingerprint density at radius 1 is 1.12 bits per heavy atom. The number of rotatable bonds is 5. The van der Waals surface area contributed by atoms with Crippen LogP contribution in [0.15, 0.2) is 42.5 Å². The van der Waals surface area contributed by atoms with Gasteiger partial charge in [-0.05, 0) is 49.1 Å². The number of ether oxygens (including phenoxy) is 1. The second kappa shape index (κ2) is 8.60. The molecule has 1 unspecified atom stereocenters. The second-order valence-corrected chi connectivity index (χ2v) is 6.03. The summed E-state index contributed by atoms with van der Waals surface area (Å²) in [5, 5.41) is 2.80. The SMILES string of the molecule is Cc1ccc(C(C)C)c(OC(C)C(=O)Nc2ccccc2N)c1.Cl. The molecule has 0 fully saturated rings. The van der Waals surface area contributed by atoms with Gasteiger partial charge in [-0.25, -0.2) is 0 Å². The Kier molecular flexibility index (Phi) is 7.11. The van der Waals surface area contributed by atoms with E-state index in [9.17, 15) is 4.79 Å². The lowest BCUT2D eigenvalue weighted by Gasteiger charge is -2.19. The van der Waals surface area contributed by atoms with Crippen molar-refractivity contribution in [2.45, 2.75) is 39.7 Å². The maximum absolute atomic E-state index is 12.3. The zero-order chi connectivity index (χ0) is 17.0. The Bertz CT molecular complexity index is 702. The van der Waals surface area contributed by atoms with Gasteiger partial charge in [0.1, 0.15) is 5.75 Å². The number of amides is 1. The standard InChI is InChI=1S/C19H24N2O2.ClH/c1-12(2)15-10-9-13(3)11-18(15)23-14(4)19(22)21-17-8-6-5-7-16(17)20;/h5-12,14H,20H2,1-4H3,(H,21,22);1H. The Balaban J connectivity index is 0.00000288. The maximum atomic E-state index is 12.3. The Labute approximate surface area is 149 Å². The smallest absolute Gasteiger partial charge is 0.265 e. The van der Waals surface area contributed by atoms with E-state index in [-0.39, 0.29) is 18.3 Å². The van der Waals surface area contributed by atoms with E-state index in [1.54, 1.807) is 19.1 Å². The number of benzene rings is 2. The number of carbonyl (C=O) groups is 1. The highest BCUT2D eigenvalue weighted by molar-refractivity contribution is 5.96. The van der Waals surface area contributed by atoms with Gasteiger partial charge < -0.3 is 15.8 Å². The molecule has 0 bridgehead atoms. The molecule has 2 aromatic rings. The fourth-order valence-electron chi connectivity index (χ4n) is 2.31. The van der Waals surface area contributed by atoms with Gasteiger partial charge in [0.15, 0.2) is 6.10 Å². The molecule has 0 aliphatic rings. The molecule has 2 rings (SSSR count). The molecule has 0 saturated carbocycles. The molecule has 2 aromatic carbocycles. The number of nitrogens with two attached hydrogens (primary N) is 1. The van der Waals surface area contributed by atoms with Crippen molar-refractivity contribution >= 4 is 29.7 Å². The molecule has 0 aliphatic carbocycles. The lowest BCUT2D eigenvalue weighted by Crippen LogP contribution is -2.30. The van der Waals surface area contributed by atoms with Crippen LogP contribution in [0, 0.1) is 6.92 Å². The highest BCUT2D eigenvalue weighted by atomic mass is 35.5. The van der Waals surface area contributed by atoms with E-state index in [2.05, 4.69) is 31.3 Å². The van der Waals surface area contributed by atoms with Gasteiger partial charge in [-0.15, -0.1) is 12.4 Å². The lowest BCUT2D eigenvalue weighted by atomic mass is 10.0. The third-order valence-corrected chi connectivity index (χ3v) is 3.68. The van der Waals surface area contributed by atoms with Crippen molar-refractivity contribution in [3.8, 4) is 5.75 Å². The van der Waals surface area contributed by atoms with E-state index in [1.165, 1.54) is 0 Å². The van der Waals surface area contributed by atoms with Crippen molar-refractivity contribution in [1.82, 2.24) is 0 Å². The number of anilines is 2. The molecule has 0 aromatic heterocycles. The van der Waals surface area contributed by atoms with Gasteiger partial charge in [0.05, 0.1) is 11.4 Å². The van der Waals surface area contributed by atoms with E-state index >= 15 is 0 Å². The van der Waals surface area contributed by atoms with Crippen molar-refractivity contribution in [3.05, 3.63) is 53.6 Å². The molecule has 3 N–H and O–H groups in total. The number of nitrogen functional groups attached to an aromatic ring is 1. The average Bonchev–Trinajstić information content (AvgIpc) is 2.49. The normalized spacial score (nSPS) is 11.5. The molecule has 24 heavy (non-hydrogen) atoms. The van der Waals surface area contributed by atoms with Crippen LogP contribution in [0.3, 0.4) is 0 Å². The largest absolute Gasteiger partial charge is 0.481 e. The van der Waals surface area contributed by atoms with Crippen LogP contribution >= 0.6 is 12.4 Å². The summed E-state index contributed by atoms with van der Waals surface area (Å²) < 4.78 is 5.91. The first-order chi connectivity index (χ1) is 10.9. The van der Waals surface area contributed by atoms with Gasteiger partial charge in [0, 0.05) is 0 Å². The zero-order valence-corrected chi connectivity index (χ0v) is 15.3. The van der Waals surface area contributed by atoms with E-state index in [0.717, 1.165) is 16.9 Å². The quantitative estimate of drug-likeness (QED) is 0.780. The fourth-order valence-corrected chi connectivity index (χ4v) is 2.31. The molecule has 0 radical (unpaired) electrons. The Hall–Kier alpha value is -2.20. The van der Waals surface area contributed by atoms with Crippen molar-refractivity contribution in [2.75, 3.05) is 11.1 Å². The molecular formula is C19H25ClN2O2. The van der Waals surface area contributed by atoms with Crippen LogP contribution in [0.2, 0.25) is 0 Å². The molecule has 0 saturated heterocycles. The average molecular weight is 349 g/mol. The lowest BCUT2D eigenvalue weighted by molar-refractivity contribution is -0.122. The Morgan fingerprint density at radius 3 is 2.42 bits per heavy atom. The summed E-state index contributed by atoms with van der Waals surface area (Å²) in [7, 11) is 0. The second-order valence-electron chi connectivity index (χ2n) is 6.03. The van der Waals surface area contributed by atoms with Crippen molar-refractivity contribution in [3.63, 3.8) is 0 Å². The number of hydrogen-bond acceptors (Lipinski definition) is 3. The topological polar surface area (TPSA) is 64.3 Å². The number of para-hydroxylation sites is 2. The van der Waals surface area contributed by atoms with Crippen LogP contribution in [-0.4, -0.2) is 12.0 Å². The van der Waals surface area contributed by atoms with Crippen LogP contribution in [0.5, 0.6) is 5.75 Å². The summed E-state index contributed by atoms with van der Waals surface area (Å²) in [6.45, 7) is 7.95. The predicted octanol–water partition coefficient (Wildman–Crippen LogP) is 4.53. The number of aryl methyl sites for hydroxylation is 1. The van der Waals surface area contributed by atoms with Crippen LogP contribution < -0.4 is 15.8 Å². The summed E-state index contributed by atoms with van der Waals surface area (Å²) in [6, 6.07) is 13.2. The third kappa shape index (κ3) is 4.90. The van der Waals surface area contributed by atoms with Crippen molar-refractivity contribution in [1.29, 1.82) is 0 Å². The molecule has 1 amide bonds. The first-order valence-electron chi connectivity index (χ1n) is 7.81. The summed E-state index contributed by atoms with van der Waals surface area (Å²) >= 11 is 0. The molecular weight excluding hydrogens is 324 g/mol. The Morgan fingerprint density at radius 2 is 1.79 bits per heavy atom. The molecule has 4 nitrogen and oxygen atoms in total. The number of halogens is 1. The molecule has 0 spiro atoms. The molecule has 0 aliphatic heterocycles. The number of hydrogen-bond donors (Lipinski definition) is 2. The van der Waals surface area contributed by atoms with Crippen LogP contribution in [-0.2, 0) is 4.79 Å². The predicted molar refractivity (Wildman–Crippen MR) is 102 cm³/mol. The van der Waals surface area contributed by atoms with Crippen molar-refractivity contribution < 1.29 is 9.53 Å². The highest BCUT2D eigenvalue weighted by Gasteiger charge is 2.18. The minimum Gasteiger partial charge on any atom is -0.481 e. The van der Waals surface area contributed by atoms with Gasteiger partial charge in [0.2, 0.25) is 0 Å². The maximum Gasteiger partial charge on any atom is 0.265 e. The van der Waals surface area contributed by atoms with Crippen molar-refractivity contribution in [2.24, 2.45) is 0 Å². The summed E-state index contributed by atoms with van der Waals surface area (Å²) in [6.07, 6.45) is -0.617. The molecule has 1 atom stereocenters. The summed E-state index contributed by atoms with van der Waals surface area (Å²) in [4.78, 5) is 12.3. The van der Waals surface area contributed by atoms with E-state index in [0.29, 0.717) is 17.3 Å². The van der Waals surface area contributed by atoms with E-state index in [4.69, 9.17) is 10.5 Å². The van der Waals surface area contributed by atoms with E-state index in [1.807, 2.05) is 25.1 Å². The van der Waals surface area contributed by atoms with Gasteiger partial charge in [-0.1, -0.05) is 38.1 Å². The first kappa shape index (κ1) is 19.8. The zero-order valence-electron chi connectivity index (χ0n) is 14.5. The van der Waals surface area contributed by atoms with Gasteiger partial charge in [-0.3, -0.25) is 4.79 Å². The molecule has 5 heteroatoms. The highest BCUT2D eigenvalue weighted by Crippen LogP contribution is 2.28. The number of nitrogens with one attached hydrogen (secondary N) is 1. The third-order valence-electron chi connectivity index (χ3n) is 3.68.